The van der Waals surface area contributed by atoms with Crippen LogP contribution in [0, 0.1) is 25.2 Å². The van der Waals surface area contributed by atoms with Gasteiger partial charge in [-0.15, -0.1) is 0 Å². The Bertz CT molecular complexity index is 666. The molecule has 0 N–H and O–H groups in total. The quantitative estimate of drug-likeness (QED) is 0.810. The van der Waals surface area contributed by atoms with Crippen molar-refractivity contribution in [2.75, 3.05) is 0 Å². The van der Waals surface area contributed by atoms with Gasteiger partial charge in [0.1, 0.15) is 11.8 Å². The van der Waals surface area contributed by atoms with E-state index in [9.17, 15) is 0 Å². The Hall–Kier alpha value is -2.27. The van der Waals surface area contributed by atoms with Gasteiger partial charge in [0.15, 0.2) is 0 Å². The highest BCUT2D eigenvalue weighted by molar-refractivity contribution is 5.70. The van der Waals surface area contributed by atoms with Crippen LogP contribution < -0.4 is 4.74 Å². The molecule has 0 saturated carbocycles. The van der Waals surface area contributed by atoms with Crippen molar-refractivity contribution in [2.24, 2.45) is 0 Å². The molecule has 0 atom stereocenters. The minimum atomic E-state index is 0.0523. The van der Waals surface area contributed by atoms with E-state index in [0.29, 0.717) is 11.3 Å². The number of ether oxygens (including phenoxy) is 1. The topological polar surface area (TPSA) is 33.0 Å². The standard InChI is InChI=1S/C18H19NO/c1-12(2)20-18-10-15(6-7-16(18)11-19)17-8-5-13(3)9-14(17)4/h5-10,12H,1-4H3. The number of aryl methyl sites for hydroxylation is 2. The Morgan fingerprint density at radius 3 is 2.40 bits per heavy atom. The van der Waals surface area contributed by atoms with E-state index in [2.05, 4.69) is 38.1 Å². The molecular formula is C18H19NO. The number of hydrogen-bond donors (Lipinski definition) is 0. The Morgan fingerprint density at radius 2 is 1.80 bits per heavy atom. The predicted molar refractivity (Wildman–Crippen MR) is 81.8 cm³/mol. The summed E-state index contributed by atoms with van der Waals surface area (Å²) in [5.74, 6) is 0.653. The second kappa shape index (κ2) is 5.79. The summed E-state index contributed by atoms with van der Waals surface area (Å²) in [4.78, 5) is 0. The zero-order valence-corrected chi connectivity index (χ0v) is 12.4. The van der Waals surface area contributed by atoms with Gasteiger partial charge in [-0.05, 0) is 56.5 Å². The number of nitriles is 1. The van der Waals surface area contributed by atoms with Crippen LogP contribution in [0.4, 0.5) is 0 Å². The van der Waals surface area contributed by atoms with E-state index in [1.807, 2.05) is 32.0 Å². The number of hydrogen-bond acceptors (Lipinski definition) is 2. The lowest BCUT2D eigenvalue weighted by molar-refractivity contribution is 0.242. The number of nitrogens with zero attached hydrogens (tertiary/aromatic N) is 1. The monoisotopic (exact) mass is 265 g/mol. The van der Waals surface area contributed by atoms with Crippen LogP contribution in [0.15, 0.2) is 36.4 Å². The second-order valence-corrected chi connectivity index (χ2v) is 5.31. The molecule has 0 aliphatic rings. The highest BCUT2D eigenvalue weighted by Gasteiger charge is 2.09. The summed E-state index contributed by atoms with van der Waals surface area (Å²) in [5.41, 5.74) is 5.31. The molecule has 0 unspecified atom stereocenters. The Balaban J connectivity index is 2.50. The van der Waals surface area contributed by atoms with Crippen molar-refractivity contribution in [1.29, 1.82) is 5.26 Å². The molecule has 0 bridgehead atoms. The highest BCUT2D eigenvalue weighted by atomic mass is 16.5. The van der Waals surface area contributed by atoms with Gasteiger partial charge < -0.3 is 4.74 Å². The molecule has 0 aliphatic carbocycles. The molecule has 102 valence electrons. The summed E-state index contributed by atoms with van der Waals surface area (Å²) >= 11 is 0. The van der Waals surface area contributed by atoms with Gasteiger partial charge in [0, 0.05) is 0 Å². The van der Waals surface area contributed by atoms with Crippen molar-refractivity contribution in [1.82, 2.24) is 0 Å². The van der Waals surface area contributed by atoms with Crippen molar-refractivity contribution in [2.45, 2.75) is 33.8 Å². The van der Waals surface area contributed by atoms with Crippen LogP contribution in [0.3, 0.4) is 0 Å². The van der Waals surface area contributed by atoms with Crippen molar-refractivity contribution in [3.05, 3.63) is 53.1 Å². The molecule has 2 aromatic rings. The van der Waals surface area contributed by atoms with Gasteiger partial charge in [0.25, 0.3) is 0 Å². The van der Waals surface area contributed by atoms with E-state index in [-0.39, 0.29) is 6.10 Å². The van der Waals surface area contributed by atoms with Crippen LogP contribution in [0.5, 0.6) is 5.75 Å². The average molecular weight is 265 g/mol. The summed E-state index contributed by atoms with van der Waals surface area (Å²) < 4.78 is 5.74. The summed E-state index contributed by atoms with van der Waals surface area (Å²) in [6, 6.07) is 14.3. The van der Waals surface area contributed by atoms with Crippen LogP contribution in [0.25, 0.3) is 11.1 Å². The zero-order valence-electron chi connectivity index (χ0n) is 12.4. The SMILES string of the molecule is Cc1ccc(-c2ccc(C#N)c(OC(C)C)c2)c(C)c1. The van der Waals surface area contributed by atoms with Gasteiger partial charge in [0.05, 0.1) is 11.7 Å². The van der Waals surface area contributed by atoms with Gasteiger partial charge in [-0.2, -0.15) is 5.26 Å². The Labute approximate surface area is 120 Å². The molecule has 20 heavy (non-hydrogen) atoms. The molecule has 0 spiro atoms. The van der Waals surface area contributed by atoms with Crippen molar-refractivity contribution >= 4 is 0 Å². The largest absolute Gasteiger partial charge is 0.490 e. The third-order valence-corrected chi connectivity index (χ3v) is 3.16. The Morgan fingerprint density at radius 1 is 1.05 bits per heavy atom. The molecule has 2 rings (SSSR count). The van der Waals surface area contributed by atoms with Crippen LogP contribution in [-0.2, 0) is 0 Å². The molecule has 0 aromatic heterocycles. The molecule has 0 heterocycles. The molecule has 0 saturated heterocycles. The molecule has 2 aromatic carbocycles. The zero-order chi connectivity index (χ0) is 14.7. The fourth-order valence-corrected chi connectivity index (χ4v) is 2.27. The second-order valence-electron chi connectivity index (χ2n) is 5.31. The fourth-order valence-electron chi connectivity index (χ4n) is 2.27. The van der Waals surface area contributed by atoms with Gasteiger partial charge in [0.2, 0.25) is 0 Å². The molecule has 0 fully saturated rings. The maximum absolute atomic E-state index is 9.15. The normalized spacial score (nSPS) is 10.4. The summed E-state index contributed by atoms with van der Waals surface area (Å²) in [5, 5.41) is 9.15. The molecular weight excluding hydrogens is 246 g/mol. The van der Waals surface area contributed by atoms with E-state index < -0.39 is 0 Å². The molecule has 0 radical (unpaired) electrons. The van der Waals surface area contributed by atoms with Crippen molar-refractivity contribution in [3.63, 3.8) is 0 Å². The molecule has 2 nitrogen and oxygen atoms in total. The lowest BCUT2D eigenvalue weighted by Gasteiger charge is -2.14. The first kappa shape index (κ1) is 14.1. The maximum atomic E-state index is 9.15. The first-order valence-corrected chi connectivity index (χ1v) is 6.79. The summed E-state index contributed by atoms with van der Waals surface area (Å²) in [7, 11) is 0. The van der Waals surface area contributed by atoms with Gasteiger partial charge in [-0.3, -0.25) is 0 Å². The predicted octanol–water partition coefficient (Wildman–Crippen LogP) is 4.63. The smallest absolute Gasteiger partial charge is 0.138 e. The van der Waals surface area contributed by atoms with Crippen LogP contribution in [0.2, 0.25) is 0 Å². The number of rotatable bonds is 3. The van der Waals surface area contributed by atoms with Crippen molar-refractivity contribution in [3.8, 4) is 22.9 Å². The fraction of sp³-hybridized carbons (Fsp3) is 0.278. The lowest BCUT2D eigenvalue weighted by atomic mass is 9.97. The van der Waals surface area contributed by atoms with Crippen molar-refractivity contribution < 1.29 is 4.74 Å². The Kier molecular flexibility index (Phi) is 4.10. The summed E-state index contributed by atoms with van der Waals surface area (Å²) in [6.45, 7) is 8.11. The number of benzene rings is 2. The molecule has 2 heteroatoms. The van der Waals surface area contributed by atoms with E-state index in [1.165, 1.54) is 16.7 Å². The first-order chi connectivity index (χ1) is 9.51. The van der Waals surface area contributed by atoms with E-state index in [1.54, 1.807) is 0 Å². The lowest BCUT2D eigenvalue weighted by Crippen LogP contribution is -2.06. The van der Waals surface area contributed by atoms with Gasteiger partial charge in [-0.1, -0.05) is 29.8 Å². The minimum absolute atomic E-state index is 0.0523. The molecule has 0 amide bonds. The third kappa shape index (κ3) is 3.00. The van der Waals surface area contributed by atoms with Crippen LogP contribution >= 0.6 is 0 Å². The van der Waals surface area contributed by atoms with E-state index in [0.717, 1.165) is 5.56 Å². The third-order valence-electron chi connectivity index (χ3n) is 3.16. The van der Waals surface area contributed by atoms with Gasteiger partial charge >= 0.3 is 0 Å². The van der Waals surface area contributed by atoms with Crippen LogP contribution in [0.1, 0.15) is 30.5 Å². The van der Waals surface area contributed by atoms with Gasteiger partial charge in [-0.25, -0.2) is 0 Å². The first-order valence-electron chi connectivity index (χ1n) is 6.79. The summed E-state index contributed by atoms with van der Waals surface area (Å²) in [6.07, 6.45) is 0.0523. The van der Waals surface area contributed by atoms with E-state index in [4.69, 9.17) is 10.00 Å². The average Bonchev–Trinajstić information content (AvgIpc) is 2.38. The van der Waals surface area contributed by atoms with E-state index >= 15 is 0 Å². The maximum Gasteiger partial charge on any atom is 0.138 e. The molecule has 0 aliphatic heterocycles. The minimum Gasteiger partial charge on any atom is -0.490 e. The van der Waals surface area contributed by atoms with Crippen LogP contribution in [-0.4, -0.2) is 6.10 Å². The highest BCUT2D eigenvalue weighted by Crippen LogP contribution is 2.30.